The van der Waals surface area contributed by atoms with Gasteiger partial charge in [0.2, 0.25) is 10.0 Å². The SMILES string of the molecule is CCN(CC)CCN(C(=O)c1ccc(S(=O)(=O)N2CCOCC2)cc1)c1nc2c(C)cccc2s1. The molecule has 1 aliphatic heterocycles. The maximum atomic E-state index is 13.7. The van der Waals surface area contributed by atoms with Gasteiger partial charge in [0, 0.05) is 31.7 Å². The Hall–Kier alpha value is -2.37. The first kappa shape index (κ1) is 25.7. The van der Waals surface area contributed by atoms with Crippen LogP contribution in [0, 0.1) is 6.92 Å². The molecule has 0 atom stereocenters. The van der Waals surface area contributed by atoms with E-state index in [1.54, 1.807) is 17.0 Å². The Labute approximate surface area is 211 Å². The predicted molar refractivity (Wildman–Crippen MR) is 140 cm³/mol. The van der Waals surface area contributed by atoms with E-state index in [4.69, 9.17) is 9.72 Å². The molecule has 1 fully saturated rings. The molecular formula is C25H32N4O4S2. The number of para-hydroxylation sites is 1. The summed E-state index contributed by atoms with van der Waals surface area (Å²) in [4.78, 5) is 22.6. The van der Waals surface area contributed by atoms with Crippen LogP contribution in [0.3, 0.4) is 0 Å². The van der Waals surface area contributed by atoms with Gasteiger partial charge < -0.3 is 9.64 Å². The van der Waals surface area contributed by atoms with Crippen molar-refractivity contribution < 1.29 is 17.9 Å². The molecule has 1 aromatic heterocycles. The number of rotatable bonds is 9. The van der Waals surface area contributed by atoms with Crippen molar-refractivity contribution in [2.24, 2.45) is 0 Å². The van der Waals surface area contributed by atoms with E-state index in [1.165, 1.54) is 27.8 Å². The molecule has 1 aliphatic rings. The van der Waals surface area contributed by atoms with E-state index in [2.05, 4.69) is 18.7 Å². The van der Waals surface area contributed by atoms with E-state index >= 15 is 0 Å². The third kappa shape index (κ3) is 5.57. The molecule has 35 heavy (non-hydrogen) atoms. The normalized spacial score (nSPS) is 15.1. The molecule has 2 aromatic carbocycles. The van der Waals surface area contributed by atoms with E-state index < -0.39 is 10.0 Å². The van der Waals surface area contributed by atoms with Crippen molar-refractivity contribution in [1.29, 1.82) is 0 Å². The number of nitrogens with zero attached hydrogens (tertiary/aromatic N) is 4. The number of aromatic nitrogens is 1. The largest absolute Gasteiger partial charge is 0.379 e. The molecule has 0 saturated carbocycles. The molecule has 4 rings (SSSR count). The first-order valence-electron chi connectivity index (χ1n) is 11.9. The molecule has 10 heteroatoms. The van der Waals surface area contributed by atoms with Crippen molar-refractivity contribution in [2.45, 2.75) is 25.7 Å². The molecule has 2 heterocycles. The van der Waals surface area contributed by atoms with Gasteiger partial charge in [-0.25, -0.2) is 13.4 Å². The van der Waals surface area contributed by atoms with E-state index in [-0.39, 0.29) is 10.8 Å². The van der Waals surface area contributed by atoms with Gasteiger partial charge in [-0.3, -0.25) is 9.69 Å². The van der Waals surface area contributed by atoms with Crippen molar-refractivity contribution in [2.75, 3.05) is 57.4 Å². The van der Waals surface area contributed by atoms with Crippen molar-refractivity contribution in [3.63, 3.8) is 0 Å². The van der Waals surface area contributed by atoms with E-state index in [1.807, 2.05) is 25.1 Å². The summed E-state index contributed by atoms with van der Waals surface area (Å²) in [7, 11) is -3.62. The van der Waals surface area contributed by atoms with E-state index in [0.29, 0.717) is 43.5 Å². The Morgan fingerprint density at radius 3 is 2.37 bits per heavy atom. The standard InChI is InChI=1S/C25H32N4O4S2/c1-4-27(5-2)13-14-29(25-26-23-19(3)7-6-8-22(23)34-25)24(30)20-9-11-21(12-10-20)35(31,32)28-15-17-33-18-16-28/h6-12H,4-5,13-18H2,1-3H3. The number of anilines is 1. The molecule has 0 aliphatic carbocycles. The van der Waals surface area contributed by atoms with Crippen LogP contribution in [0.5, 0.6) is 0 Å². The van der Waals surface area contributed by atoms with Crippen LogP contribution in [-0.4, -0.2) is 81.0 Å². The number of carbonyl (C=O) groups is 1. The number of aryl methyl sites for hydroxylation is 1. The summed E-state index contributed by atoms with van der Waals surface area (Å²) in [5.41, 5.74) is 2.40. The van der Waals surface area contributed by atoms with E-state index in [9.17, 15) is 13.2 Å². The highest BCUT2D eigenvalue weighted by Crippen LogP contribution is 2.31. The third-order valence-electron chi connectivity index (χ3n) is 6.33. The van der Waals surface area contributed by atoms with Crippen LogP contribution in [-0.2, 0) is 14.8 Å². The number of thiazole rings is 1. The van der Waals surface area contributed by atoms with Gasteiger partial charge in [-0.1, -0.05) is 37.3 Å². The summed E-state index contributed by atoms with van der Waals surface area (Å²) < 4.78 is 33.6. The first-order valence-corrected chi connectivity index (χ1v) is 14.2. The second kappa shape index (κ2) is 11.1. The monoisotopic (exact) mass is 516 g/mol. The summed E-state index contributed by atoms with van der Waals surface area (Å²) >= 11 is 1.50. The van der Waals surface area contributed by atoms with Crippen LogP contribution >= 0.6 is 11.3 Å². The van der Waals surface area contributed by atoms with Crippen molar-refractivity contribution in [3.05, 3.63) is 53.6 Å². The number of benzene rings is 2. The van der Waals surface area contributed by atoms with Crippen LogP contribution in [0.2, 0.25) is 0 Å². The number of morpholine rings is 1. The fourth-order valence-electron chi connectivity index (χ4n) is 4.12. The second-order valence-electron chi connectivity index (χ2n) is 8.44. The highest BCUT2D eigenvalue weighted by Gasteiger charge is 2.27. The molecule has 8 nitrogen and oxygen atoms in total. The summed E-state index contributed by atoms with van der Waals surface area (Å²) in [6.07, 6.45) is 0. The lowest BCUT2D eigenvalue weighted by Crippen LogP contribution is -2.40. The van der Waals surface area contributed by atoms with Gasteiger partial charge >= 0.3 is 0 Å². The number of amides is 1. The van der Waals surface area contributed by atoms with Gasteiger partial charge in [0.1, 0.15) is 0 Å². The highest BCUT2D eigenvalue weighted by atomic mass is 32.2. The number of hydrogen-bond acceptors (Lipinski definition) is 7. The van der Waals surface area contributed by atoms with Gasteiger partial charge in [-0.05, 0) is 55.9 Å². The van der Waals surface area contributed by atoms with Gasteiger partial charge in [0.05, 0.1) is 28.3 Å². The van der Waals surface area contributed by atoms with Crippen molar-refractivity contribution in [3.8, 4) is 0 Å². The Morgan fingerprint density at radius 1 is 1.06 bits per heavy atom. The Bertz CT molecular complexity index is 1260. The fraction of sp³-hybridized carbons (Fsp3) is 0.440. The van der Waals surface area contributed by atoms with Crippen LogP contribution in [0.4, 0.5) is 5.13 Å². The Kier molecular flexibility index (Phi) is 8.18. The summed E-state index contributed by atoms with van der Waals surface area (Å²) in [6.45, 7) is 10.7. The lowest BCUT2D eigenvalue weighted by molar-refractivity contribution is 0.0730. The van der Waals surface area contributed by atoms with Crippen LogP contribution in [0.25, 0.3) is 10.2 Å². The summed E-state index contributed by atoms with van der Waals surface area (Å²) in [6, 6.07) is 12.3. The second-order valence-corrected chi connectivity index (χ2v) is 11.4. The molecule has 0 N–H and O–H groups in total. The van der Waals surface area contributed by atoms with Crippen molar-refractivity contribution in [1.82, 2.24) is 14.2 Å². The van der Waals surface area contributed by atoms with Gasteiger partial charge in [0.15, 0.2) is 5.13 Å². The van der Waals surface area contributed by atoms with E-state index in [0.717, 1.165) is 35.4 Å². The van der Waals surface area contributed by atoms with Crippen LogP contribution < -0.4 is 4.90 Å². The zero-order valence-corrected chi connectivity index (χ0v) is 22.1. The fourth-order valence-corrected chi connectivity index (χ4v) is 6.59. The topological polar surface area (TPSA) is 83.1 Å². The number of carbonyl (C=O) groups excluding carboxylic acids is 1. The van der Waals surface area contributed by atoms with Crippen LogP contribution in [0.1, 0.15) is 29.8 Å². The third-order valence-corrected chi connectivity index (χ3v) is 9.29. The minimum absolute atomic E-state index is 0.182. The highest BCUT2D eigenvalue weighted by molar-refractivity contribution is 7.89. The average Bonchev–Trinajstić information content (AvgIpc) is 3.32. The van der Waals surface area contributed by atoms with Crippen LogP contribution in [0.15, 0.2) is 47.4 Å². The predicted octanol–water partition coefficient (Wildman–Crippen LogP) is 3.61. The van der Waals surface area contributed by atoms with Crippen molar-refractivity contribution >= 4 is 42.6 Å². The zero-order valence-electron chi connectivity index (χ0n) is 20.4. The number of sulfonamides is 1. The Morgan fingerprint density at radius 2 is 1.74 bits per heavy atom. The minimum Gasteiger partial charge on any atom is -0.379 e. The first-order chi connectivity index (χ1) is 16.8. The number of ether oxygens (including phenoxy) is 1. The molecular weight excluding hydrogens is 484 g/mol. The maximum absolute atomic E-state index is 13.7. The summed E-state index contributed by atoms with van der Waals surface area (Å²) in [5.74, 6) is -0.191. The summed E-state index contributed by atoms with van der Waals surface area (Å²) in [5, 5.41) is 0.650. The average molecular weight is 517 g/mol. The quantitative estimate of drug-likeness (QED) is 0.432. The Balaban J connectivity index is 1.62. The zero-order chi connectivity index (χ0) is 25.0. The maximum Gasteiger partial charge on any atom is 0.260 e. The molecule has 1 amide bonds. The molecule has 0 bridgehead atoms. The lowest BCUT2D eigenvalue weighted by atomic mass is 10.2. The molecule has 0 spiro atoms. The van der Waals surface area contributed by atoms with Gasteiger partial charge in [-0.15, -0.1) is 0 Å². The molecule has 3 aromatic rings. The molecule has 188 valence electrons. The lowest BCUT2D eigenvalue weighted by Gasteiger charge is -2.26. The molecule has 0 radical (unpaired) electrons. The van der Waals surface area contributed by atoms with Gasteiger partial charge in [-0.2, -0.15) is 4.31 Å². The molecule has 1 saturated heterocycles. The molecule has 0 unspecified atom stereocenters. The van der Waals surface area contributed by atoms with Gasteiger partial charge in [0.25, 0.3) is 5.91 Å². The number of hydrogen-bond donors (Lipinski definition) is 0. The minimum atomic E-state index is -3.62. The number of fused-ring (bicyclic) bond motifs is 1. The number of likely N-dealkylation sites (N-methyl/N-ethyl adjacent to an activating group) is 1. The smallest absolute Gasteiger partial charge is 0.260 e.